The van der Waals surface area contributed by atoms with Gasteiger partial charge in [0.2, 0.25) is 10.0 Å². The Bertz CT molecular complexity index is 944. The molecule has 0 aliphatic carbocycles. The maximum atomic E-state index is 12.5. The van der Waals surface area contributed by atoms with Crippen molar-refractivity contribution in [3.63, 3.8) is 0 Å². The highest BCUT2D eigenvalue weighted by molar-refractivity contribution is 7.89. The van der Waals surface area contributed by atoms with Crippen molar-refractivity contribution in [2.24, 2.45) is 0 Å². The molecule has 0 aliphatic heterocycles. The third kappa shape index (κ3) is 6.31. The Labute approximate surface area is 180 Å². The van der Waals surface area contributed by atoms with Gasteiger partial charge in [-0.05, 0) is 54.7 Å². The van der Waals surface area contributed by atoms with Crippen molar-refractivity contribution >= 4 is 15.9 Å². The number of hydrogen-bond donors (Lipinski definition) is 1. The summed E-state index contributed by atoms with van der Waals surface area (Å²) in [4.78, 5) is 12.3. The van der Waals surface area contributed by atoms with Gasteiger partial charge in [-0.25, -0.2) is 8.42 Å². The van der Waals surface area contributed by atoms with Gasteiger partial charge in [-0.3, -0.25) is 4.79 Å². The molecule has 0 saturated heterocycles. The molecule has 2 rings (SSSR count). The lowest BCUT2D eigenvalue weighted by atomic mass is 9.87. The van der Waals surface area contributed by atoms with E-state index in [4.69, 9.17) is 4.74 Å². The number of amides is 1. The fraction of sp³-hybridized carbons (Fsp3) is 0.435. The smallest absolute Gasteiger partial charge is 0.258 e. The van der Waals surface area contributed by atoms with Gasteiger partial charge >= 0.3 is 0 Å². The van der Waals surface area contributed by atoms with Crippen LogP contribution in [0.15, 0.2) is 53.4 Å². The molecule has 0 atom stereocenters. The maximum absolute atomic E-state index is 12.5. The molecule has 0 aliphatic rings. The summed E-state index contributed by atoms with van der Waals surface area (Å²) in [6.45, 7) is 10.3. The fourth-order valence-electron chi connectivity index (χ4n) is 2.67. The minimum Gasteiger partial charge on any atom is -0.484 e. The lowest BCUT2D eigenvalue weighted by molar-refractivity contribution is -0.123. The van der Waals surface area contributed by atoms with Crippen LogP contribution < -0.4 is 10.1 Å². The van der Waals surface area contributed by atoms with Gasteiger partial charge < -0.3 is 10.1 Å². The first-order chi connectivity index (χ1) is 13.9. The largest absolute Gasteiger partial charge is 0.484 e. The lowest BCUT2D eigenvalue weighted by Crippen LogP contribution is -2.33. The van der Waals surface area contributed by atoms with Crippen LogP contribution in [0.3, 0.4) is 0 Å². The van der Waals surface area contributed by atoms with E-state index in [-0.39, 0.29) is 28.9 Å². The molecular formula is C23H32N2O4S. The van der Waals surface area contributed by atoms with Crippen LogP contribution in [0.5, 0.6) is 5.75 Å². The molecule has 2 aromatic rings. The predicted molar refractivity (Wildman–Crippen MR) is 119 cm³/mol. The standard InChI is InChI=1S/C23H32N2O4S/c1-17(2)25(6)30(27,28)21-13-7-18(8-14-21)15-24-22(26)16-29-20-11-9-19(10-12-20)23(3,4)5/h7-14,17H,15-16H2,1-6H3,(H,24,26). The summed E-state index contributed by atoms with van der Waals surface area (Å²) in [5, 5.41) is 2.78. The summed E-state index contributed by atoms with van der Waals surface area (Å²) in [5.74, 6) is 0.396. The third-order valence-corrected chi connectivity index (χ3v) is 6.96. The van der Waals surface area contributed by atoms with Crippen molar-refractivity contribution in [2.45, 2.75) is 57.5 Å². The Morgan fingerprint density at radius 3 is 2.10 bits per heavy atom. The van der Waals surface area contributed by atoms with Crippen molar-refractivity contribution in [1.82, 2.24) is 9.62 Å². The number of benzene rings is 2. The molecule has 0 saturated carbocycles. The van der Waals surface area contributed by atoms with Crippen molar-refractivity contribution in [3.05, 3.63) is 59.7 Å². The maximum Gasteiger partial charge on any atom is 0.258 e. The van der Waals surface area contributed by atoms with Crippen molar-refractivity contribution in [3.8, 4) is 5.75 Å². The molecule has 0 radical (unpaired) electrons. The van der Waals surface area contributed by atoms with Crippen LogP contribution in [0.2, 0.25) is 0 Å². The highest BCUT2D eigenvalue weighted by Crippen LogP contribution is 2.24. The number of nitrogens with one attached hydrogen (secondary N) is 1. The molecule has 0 bridgehead atoms. The second-order valence-electron chi connectivity index (χ2n) is 8.60. The van der Waals surface area contributed by atoms with E-state index in [1.807, 2.05) is 38.1 Å². The monoisotopic (exact) mass is 432 g/mol. The van der Waals surface area contributed by atoms with Gasteiger partial charge in [0.25, 0.3) is 5.91 Å². The van der Waals surface area contributed by atoms with Gasteiger partial charge in [0.05, 0.1) is 4.90 Å². The number of carbonyl (C=O) groups excluding carboxylic acids is 1. The molecular weight excluding hydrogens is 400 g/mol. The van der Waals surface area contributed by atoms with Crippen molar-refractivity contribution < 1.29 is 17.9 Å². The Kier molecular flexibility index (Phi) is 7.66. The number of nitrogens with zero attached hydrogens (tertiary/aromatic N) is 1. The van der Waals surface area contributed by atoms with Crippen LogP contribution in [0.1, 0.15) is 45.7 Å². The number of sulfonamides is 1. The Hall–Kier alpha value is -2.38. The van der Waals surface area contributed by atoms with E-state index in [1.54, 1.807) is 31.3 Å². The van der Waals surface area contributed by atoms with Crippen LogP contribution in [-0.4, -0.2) is 38.3 Å². The molecule has 0 unspecified atom stereocenters. The van der Waals surface area contributed by atoms with Gasteiger partial charge in [-0.15, -0.1) is 0 Å². The summed E-state index contributed by atoms with van der Waals surface area (Å²) < 4.78 is 31.8. The first-order valence-electron chi connectivity index (χ1n) is 9.98. The highest BCUT2D eigenvalue weighted by atomic mass is 32.2. The van der Waals surface area contributed by atoms with E-state index in [1.165, 1.54) is 9.87 Å². The summed E-state index contributed by atoms with van der Waals surface area (Å²) in [7, 11) is -1.95. The van der Waals surface area contributed by atoms with Crippen LogP contribution in [0, 0.1) is 0 Å². The summed E-state index contributed by atoms with van der Waals surface area (Å²) in [5.41, 5.74) is 2.07. The zero-order valence-electron chi connectivity index (χ0n) is 18.6. The zero-order chi connectivity index (χ0) is 22.5. The molecule has 0 spiro atoms. The van der Waals surface area contributed by atoms with E-state index in [0.717, 1.165) is 5.56 Å². The Morgan fingerprint density at radius 2 is 1.60 bits per heavy atom. The molecule has 30 heavy (non-hydrogen) atoms. The predicted octanol–water partition coefficient (Wildman–Crippen LogP) is 3.71. The first kappa shape index (κ1) is 23.9. The van der Waals surface area contributed by atoms with E-state index in [9.17, 15) is 13.2 Å². The summed E-state index contributed by atoms with van der Waals surface area (Å²) in [6, 6.07) is 14.1. The van der Waals surface area contributed by atoms with Crippen LogP contribution in [0.25, 0.3) is 0 Å². The third-order valence-electron chi connectivity index (χ3n) is 4.91. The fourth-order valence-corrected chi connectivity index (χ4v) is 4.04. The SMILES string of the molecule is CC(C)N(C)S(=O)(=O)c1ccc(CNC(=O)COc2ccc(C(C)(C)C)cc2)cc1. The Morgan fingerprint density at radius 1 is 1.03 bits per heavy atom. The van der Waals surface area contributed by atoms with Crippen LogP contribution >= 0.6 is 0 Å². The van der Waals surface area contributed by atoms with Gasteiger partial charge in [0.15, 0.2) is 6.61 Å². The van der Waals surface area contributed by atoms with Crippen molar-refractivity contribution in [2.75, 3.05) is 13.7 Å². The van der Waals surface area contributed by atoms with E-state index < -0.39 is 10.0 Å². The van der Waals surface area contributed by atoms with Crippen molar-refractivity contribution in [1.29, 1.82) is 0 Å². The van der Waals surface area contributed by atoms with Crippen LogP contribution in [-0.2, 0) is 26.8 Å². The molecule has 7 heteroatoms. The van der Waals surface area contributed by atoms with E-state index in [0.29, 0.717) is 12.3 Å². The van der Waals surface area contributed by atoms with Crippen LogP contribution in [0.4, 0.5) is 0 Å². The topological polar surface area (TPSA) is 75.7 Å². The number of ether oxygens (including phenoxy) is 1. The second-order valence-corrected chi connectivity index (χ2v) is 10.6. The van der Waals surface area contributed by atoms with Gasteiger partial charge in [-0.1, -0.05) is 45.0 Å². The average Bonchev–Trinajstić information content (AvgIpc) is 2.70. The molecule has 1 N–H and O–H groups in total. The summed E-state index contributed by atoms with van der Waals surface area (Å²) in [6.07, 6.45) is 0. The normalized spacial score (nSPS) is 12.3. The number of rotatable bonds is 8. The Balaban J connectivity index is 1.86. The van der Waals surface area contributed by atoms with E-state index in [2.05, 4.69) is 26.1 Å². The number of carbonyl (C=O) groups is 1. The molecule has 0 heterocycles. The number of hydrogen-bond acceptors (Lipinski definition) is 4. The first-order valence-corrected chi connectivity index (χ1v) is 11.4. The van der Waals surface area contributed by atoms with Gasteiger partial charge in [-0.2, -0.15) is 4.31 Å². The highest BCUT2D eigenvalue weighted by Gasteiger charge is 2.22. The average molecular weight is 433 g/mol. The quantitative estimate of drug-likeness (QED) is 0.690. The van der Waals surface area contributed by atoms with Gasteiger partial charge in [0.1, 0.15) is 5.75 Å². The second kappa shape index (κ2) is 9.62. The molecule has 0 aromatic heterocycles. The molecule has 2 aromatic carbocycles. The summed E-state index contributed by atoms with van der Waals surface area (Å²) >= 11 is 0. The minimum absolute atomic E-state index is 0.0645. The van der Waals surface area contributed by atoms with E-state index >= 15 is 0 Å². The molecule has 0 fully saturated rings. The lowest BCUT2D eigenvalue weighted by Gasteiger charge is -2.21. The zero-order valence-corrected chi connectivity index (χ0v) is 19.4. The molecule has 6 nitrogen and oxygen atoms in total. The minimum atomic E-state index is -3.51. The molecule has 164 valence electrons. The van der Waals surface area contributed by atoms with Gasteiger partial charge in [0, 0.05) is 19.6 Å². The molecule has 1 amide bonds.